The SMILES string of the molecule is N#CC(F)(F)OCOC(F)=C(F)F. The lowest BCUT2D eigenvalue weighted by molar-refractivity contribution is -0.237. The predicted molar refractivity (Wildman–Crippen MR) is 27.9 cm³/mol. The van der Waals surface area contributed by atoms with Crippen LogP contribution in [0.4, 0.5) is 22.0 Å². The van der Waals surface area contributed by atoms with Gasteiger partial charge in [0.1, 0.15) is 0 Å². The third kappa shape index (κ3) is 4.97. The Bertz CT molecular complexity index is 242. The first-order chi connectivity index (χ1) is 5.89. The monoisotopic (exact) mass is 203 g/mol. The highest BCUT2D eigenvalue weighted by atomic mass is 19.3. The van der Waals surface area contributed by atoms with Gasteiger partial charge in [0.05, 0.1) is 0 Å². The number of hydrogen-bond acceptors (Lipinski definition) is 3. The summed E-state index contributed by atoms with van der Waals surface area (Å²) in [6.07, 6.45) is -6.99. The predicted octanol–water partition coefficient (Wildman–Crippen LogP) is 2.13. The number of alkyl halides is 2. The van der Waals surface area contributed by atoms with Gasteiger partial charge in [-0.25, -0.2) is 0 Å². The first kappa shape index (κ1) is 11.6. The maximum Gasteiger partial charge on any atom is 0.451 e. The van der Waals surface area contributed by atoms with Gasteiger partial charge in [-0.3, -0.25) is 4.74 Å². The van der Waals surface area contributed by atoms with Crippen molar-refractivity contribution in [2.24, 2.45) is 0 Å². The molecule has 0 radical (unpaired) electrons. The van der Waals surface area contributed by atoms with E-state index in [0.717, 1.165) is 0 Å². The van der Waals surface area contributed by atoms with Gasteiger partial charge in [0, 0.05) is 0 Å². The average molecular weight is 203 g/mol. The van der Waals surface area contributed by atoms with Crippen LogP contribution in [0.5, 0.6) is 0 Å². The second kappa shape index (κ2) is 4.61. The van der Waals surface area contributed by atoms with E-state index in [9.17, 15) is 22.0 Å². The lowest BCUT2D eigenvalue weighted by Crippen LogP contribution is -2.19. The molecule has 0 saturated carbocycles. The highest BCUT2D eigenvalue weighted by Gasteiger charge is 2.30. The molecule has 0 fully saturated rings. The highest BCUT2D eigenvalue weighted by molar-refractivity contribution is 4.83. The molecule has 0 N–H and O–H groups in total. The van der Waals surface area contributed by atoms with E-state index in [2.05, 4.69) is 9.47 Å². The van der Waals surface area contributed by atoms with E-state index in [0.29, 0.717) is 6.07 Å². The summed E-state index contributed by atoms with van der Waals surface area (Å²) in [7, 11) is 0. The fraction of sp³-hybridized carbons (Fsp3) is 0.400. The van der Waals surface area contributed by atoms with Crippen molar-refractivity contribution in [3.63, 3.8) is 0 Å². The molecule has 0 aliphatic heterocycles. The summed E-state index contributed by atoms with van der Waals surface area (Å²) < 4.78 is 64.4. The average Bonchev–Trinajstić information content (AvgIpc) is 2.04. The van der Waals surface area contributed by atoms with Crippen LogP contribution in [-0.2, 0) is 9.47 Å². The molecule has 0 atom stereocenters. The lowest BCUT2D eigenvalue weighted by atomic mass is 10.7. The molecule has 8 heteroatoms. The molecule has 0 aromatic rings. The first-order valence-corrected chi connectivity index (χ1v) is 2.65. The molecule has 0 aromatic carbocycles. The summed E-state index contributed by atoms with van der Waals surface area (Å²) in [5.74, 6) is 0. The van der Waals surface area contributed by atoms with E-state index in [4.69, 9.17) is 5.26 Å². The van der Waals surface area contributed by atoms with Crippen molar-refractivity contribution in [2.75, 3.05) is 6.79 Å². The summed E-state index contributed by atoms with van der Waals surface area (Å²) in [4.78, 5) is 0. The molecule has 0 aliphatic carbocycles. The minimum absolute atomic E-state index is 0.383. The van der Waals surface area contributed by atoms with Crippen LogP contribution in [0.1, 0.15) is 0 Å². The Labute approximate surface area is 69.0 Å². The van der Waals surface area contributed by atoms with Gasteiger partial charge in [-0.05, 0) is 0 Å². The number of hydrogen-bond donors (Lipinski definition) is 0. The van der Waals surface area contributed by atoms with Crippen LogP contribution in [0.15, 0.2) is 12.1 Å². The molecule has 0 amide bonds. The zero-order chi connectivity index (χ0) is 10.5. The second-order valence-electron chi connectivity index (χ2n) is 1.57. The fourth-order valence-corrected chi connectivity index (χ4v) is 0.242. The Morgan fingerprint density at radius 2 is 1.85 bits per heavy atom. The van der Waals surface area contributed by atoms with Gasteiger partial charge in [0.2, 0.25) is 0 Å². The van der Waals surface area contributed by atoms with E-state index < -0.39 is 25.0 Å². The molecule has 3 nitrogen and oxygen atoms in total. The van der Waals surface area contributed by atoms with E-state index in [-0.39, 0.29) is 0 Å². The molecular formula is C5H2F5NO2. The van der Waals surface area contributed by atoms with Crippen molar-refractivity contribution in [3.05, 3.63) is 12.1 Å². The minimum atomic E-state index is -4.19. The lowest BCUT2D eigenvalue weighted by Gasteiger charge is -2.07. The van der Waals surface area contributed by atoms with Crippen LogP contribution in [0.3, 0.4) is 0 Å². The zero-order valence-electron chi connectivity index (χ0n) is 5.86. The van der Waals surface area contributed by atoms with Gasteiger partial charge in [-0.15, -0.1) is 0 Å². The van der Waals surface area contributed by atoms with Crippen molar-refractivity contribution in [1.29, 1.82) is 5.26 Å². The third-order valence-corrected chi connectivity index (χ3v) is 0.705. The van der Waals surface area contributed by atoms with Crippen LogP contribution in [0, 0.1) is 11.3 Å². The first-order valence-electron chi connectivity index (χ1n) is 2.65. The quantitative estimate of drug-likeness (QED) is 0.399. The molecular weight excluding hydrogens is 201 g/mol. The Morgan fingerprint density at radius 1 is 1.31 bits per heavy atom. The summed E-state index contributed by atoms with van der Waals surface area (Å²) in [6.45, 7) is -1.48. The van der Waals surface area contributed by atoms with E-state index in [1.54, 1.807) is 0 Å². The van der Waals surface area contributed by atoms with Crippen LogP contribution in [0.25, 0.3) is 0 Å². The van der Waals surface area contributed by atoms with E-state index in [1.165, 1.54) is 0 Å². The van der Waals surface area contributed by atoms with Crippen LogP contribution in [0.2, 0.25) is 0 Å². The Kier molecular flexibility index (Phi) is 4.13. The summed E-state index contributed by atoms with van der Waals surface area (Å²) in [6, 6.07) is -1.94. The number of ether oxygens (including phenoxy) is 2. The molecule has 0 aromatic heterocycles. The van der Waals surface area contributed by atoms with Crippen molar-refractivity contribution in [3.8, 4) is 6.07 Å². The minimum Gasteiger partial charge on any atom is -0.439 e. The second-order valence-corrected chi connectivity index (χ2v) is 1.57. The fourth-order valence-electron chi connectivity index (χ4n) is 0.242. The Hall–Kier alpha value is -1.36. The van der Waals surface area contributed by atoms with Crippen LogP contribution < -0.4 is 0 Å². The van der Waals surface area contributed by atoms with Crippen molar-refractivity contribution >= 4 is 0 Å². The zero-order valence-corrected chi connectivity index (χ0v) is 5.86. The van der Waals surface area contributed by atoms with Crippen LogP contribution in [-0.4, -0.2) is 12.9 Å². The molecule has 0 heterocycles. The van der Waals surface area contributed by atoms with Gasteiger partial charge < -0.3 is 4.74 Å². The molecule has 0 saturated heterocycles. The molecule has 13 heavy (non-hydrogen) atoms. The molecule has 0 unspecified atom stereocenters. The topological polar surface area (TPSA) is 42.2 Å². The number of nitriles is 1. The Balaban J connectivity index is 3.84. The van der Waals surface area contributed by atoms with Gasteiger partial charge in [-0.2, -0.15) is 27.2 Å². The van der Waals surface area contributed by atoms with Gasteiger partial charge in [0.25, 0.3) is 0 Å². The molecule has 0 aliphatic rings. The van der Waals surface area contributed by atoms with Crippen molar-refractivity contribution in [1.82, 2.24) is 0 Å². The normalized spacial score (nSPS) is 10.5. The molecule has 0 spiro atoms. The van der Waals surface area contributed by atoms with E-state index in [1.807, 2.05) is 0 Å². The number of nitrogens with zero attached hydrogens (tertiary/aromatic N) is 1. The van der Waals surface area contributed by atoms with Crippen molar-refractivity contribution in [2.45, 2.75) is 6.11 Å². The van der Waals surface area contributed by atoms with Gasteiger partial charge in [-0.1, -0.05) is 0 Å². The van der Waals surface area contributed by atoms with Crippen molar-refractivity contribution < 1.29 is 31.4 Å². The summed E-state index contributed by atoms with van der Waals surface area (Å²) in [5, 5.41) is 7.63. The summed E-state index contributed by atoms with van der Waals surface area (Å²) >= 11 is 0. The van der Waals surface area contributed by atoms with Gasteiger partial charge >= 0.3 is 18.2 Å². The van der Waals surface area contributed by atoms with Gasteiger partial charge in [0.15, 0.2) is 12.9 Å². The smallest absolute Gasteiger partial charge is 0.439 e. The molecule has 0 rings (SSSR count). The van der Waals surface area contributed by atoms with Crippen LogP contribution >= 0.6 is 0 Å². The molecule has 74 valence electrons. The van der Waals surface area contributed by atoms with E-state index >= 15 is 0 Å². The summed E-state index contributed by atoms with van der Waals surface area (Å²) in [5.41, 5.74) is 0. The highest BCUT2D eigenvalue weighted by Crippen LogP contribution is 2.15. The standard InChI is InChI=1S/C5H2F5NO2/c6-3(7)4(8)12-2-13-5(9,10)1-11/h2H2. The third-order valence-electron chi connectivity index (χ3n) is 0.705. The number of rotatable bonds is 4. The Morgan fingerprint density at radius 3 is 2.23 bits per heavy atom. The maximum atomic E-state index is 11.8. The number of halogens is 5. The largest absolute Gasteiger partial charge is 0.451 e. The maximum absolute atomic E-state index is 11.8. The molecule has 0 bridgehead atoms.